The Labute approximate surface area is 166 Å². The number of likely N-dealkylation sites (N-methyl/N-ethyl adjacent to an activating group) is 1. The highest BCUT2D eigenvalue weighted by atomic mass is 16.5. The van der Waals surface area contributed by atoms with Crippen LogP contribution >= 0.6 is 0 Å². The van der Waals surface area contributed by atoms with E-state index in [0.717, 1.165) is 63.4 Å². The van der Waals surface area contributed by atoms with E-state index in [2.05, 4.69) is 40.4 Å². The number of nitrogens with zero attached hydrogens (tertiary/aromatic N) is 2. The van der Waals surface area contributed by atoms with Crippen molar-refractivity contribution >= 4 is 5.91 Å². The number of hydrogen-bond acceptors (Lipinski definition) is 4. The first kappa shape index (κ1) is 19.0. The number of aryl methyl sites for hydroxylation is 1. The van der Waals surface area contributed by atoms with Crippen molar-refractivity contribution in [2.24, 2.45) is 0 Å². The number of aromatic amines is 1. The molecule has 2 aliphatic rings. The minimum Gasteiger partial charge on any atom is -0.497 e. The Morgan fingerprint density at radius 1 is 1.21 bits per heavy atom. The first-order chi connectivity index (χ1) is 13.6. The number of nitrogens with one attached hydrogen (secondary N) is 2. The summed E-state index contributed by atoms with van der Waals surface area (Å²) < 4.78 is 5.23. The lowest BCUT2D eigenvalue weighted by molar-refractivity contribution is 0.0658. The Morgan fingerprint density at radius 3 is 2.68 bits per heavy atom. The third kappa shape index (κ3) is 4.08. The van der Waals surface area contributed by atoms with Crippen molar-refractivity contribution in [1.82, 2.24) is 20.1 Å². The van der Waals surface area contributed by atoms with Gasteiger partial charge in [0.2, 0.25) is 0 Å². The molecule has 150 valence electrons. The number of rotatable bonds is 5. The maximum atomic E-state index is 12.9. The van der Waals surface area contributed by atoms with Gasteiger partial charge in [-0.3, -0.25) is 4.79 Å². The van der Waals surface area contributed by atoms with Crippen LogP contribution in [0.2, 0.25) is 0 Å². The molecule has 2 aromatic rings. The molecule has 28 heavy (non-hydrogen) atoms. The molecule has 1 amide bonds. The van der Waals surface area contributed by atoms with Gasteiger partial charge in [0, 0.05) is 44.5 Å². The van der Waals surface area contributed by atoms with Crippen LogP contribution in [0, 0.1) is 0 Å². The van der Waals surface area contributed by atoms with E-state index in [9.17, 15) is 4.79 Å². The van der Waals surface area contributed by atoms with Crippen LogP contribution in [0.1, 0.15) is 46.2 Å². The lowest BCUT2D eigenvalue weighted by atomic mass is 9.93. The van der Waals surface area contributed by atoms with Gasteiger partial charge in [0.05, 0.1) is 7.11 Å². The van der Waals surface area contributed by atoms with Crippen molar-refractivity contribution < 1.29 is 9.53 Å². The van der Waals surface area contributed by atoms with E-state index in [0.29, 0.717) is 0 Å². The summed E-state index contributed by atoms with van der Waals surface area (Å²) in [4.78, 5) is 20.6. The predicted octanol–water partition coefficient (Wildman–Crippen LogP) is 2.58. The first-order valence-electron chi connectivity index (χ1n) is 10.2. The normalized spacial score (nSPS) is 20.1. The zero-order chi connectivity index (χ0) is 19.5. The minimum absolute atomic E-state index is 0.136. The standard InChI is InChI=1S/C22H30N4O2/c1-25-10-12-26(13-11-25)22(27)20-14-17-4-3-5-19(21(17)24-20)23-15-16-6-8-18(28-2)9-7-16/h6-9,14,19,23-24H,3-5,10-13,15H2,1-2H3. The van der Waals surface area contributed by atoms with Crippen LogP contribution in [-0.2, 0) is 13.0 Å². The van der Waals surface area contributed by atoms with Crippen LogP contribution in [0.25, 0.3) is 0 Å². The number of hydrogen-bond donors (Lipinski definition) is 2. The Morgan fingerprint density at radius 2 is 1.96 bits per heavy atom. The van der Waals surface area contributed by atoms with Crippen molar-refractivity contribution in [2.45, 2.75) is 31.8 Å². The predicted molar refractivity (Wildman–Crippen MR) is 110 cm³/mol. The smallest absolute Gasteiger partial charge is 0.270 e. The van der Waals surface area contributed by atoms with Crippen LogP contribution in [-0.4, -0.2) is 61.0 Å². The maximum absolute atomic E-state index is 12.9. The topological polar surface area (TPSA) is 60.6 Å². The van der Waals surface area contributed by atoms with E-state index in [1.165, 1.54) is 16.8 Å². The third-order valence-electron chi connectivity index (χ3n) is 5.95. The molecule has 1 aliphatic carbocycles. The number of H-pyrrole nitrogens is 1. The number of carbonyl (C=O) groups is 1. The SMILES string of the molecule is COc1ccc(CNC2CCCc3cc(C(=O)N4CCN(C)CC4)[nH]c32)cc1. The fourth-order valence-corrected chi connectivity index (χ4v) is 4.16. The summed E-state index contributed by atoms with van der Waals surface area (Å²) in [6.07, 6.45) is 3.28. The summed E-state index contributed by atoms with van der Waals surface area (Å²) in [6.45, 7) is 4.29. The Hall–Kier alpha value is -2.31. The number of fused-ring (bicyclic) bond motifs is 1. The van der Waals surface area contributed by atoms with E-state index in [1.807, 2.05) is 17.0 Å². The molecular formula is C22H30N4O2. The highest BCUT2D eigenvalue weighted by molar-refractivity contribution is 5.93. The van der Waals surface area contributed by atoms with E-state index >= 15 is 0 Å². The average Bonchev–Trinajstić information content (AvgIpc) is 3.17. The van der Waals surface area contributed by atoms with Gasteiger partial charge in [0.25, 0.3) is 5.91 Å². The van der Waals surface area contributed by atoms with Gasteiger partial charge in [0.15, 0.2) is 0 Å². The molecule has 1 aromatic heterocycles. The minimum atomic E-state index is 0.136. The molecule has 6 heteroatoms. The van der Waals surface area contributed by atoms with E-state index in [-0.39, 0.29) is 11.9 Å². The van der Waals surface area contributed by atoms with Crippen molar-refractivity contribution in [3.05, 3.63) is 52.8 Å². The van der Waals surface area contributed by atoms with Crippen molar-refractivity contribution in [1.29, 1.82) is 0 Å². The second-order valence-corrected chi connectivity index (χ2v) is 7.89. The fraction of sp³-hybridized carbons (Fsp3) is 0.500. The van der Waals surface area contributed by atoms with Gasteiger partial charge in [-0.2, -0.15) is 0 Å². The molecular weight excluding hydrogens is 352 g/mol. The van der Waals surface area contributed by atoms with Gasteiger partial charge < -0.3 is 24.8 Å². The Bertz CT molecular complexity index is 806. The molecule has 0 spiro atoms. The van der Waals surface area contributed by atoms with E-state index < -0.39 is 0 Å². The number of benzene rings is 1. The number of methoxy groups -OCH3 is 1. The maximum Gasteiger partial charge on any atom is 0.270 e. The number of amides is 1. The highest BCUT2D eigenvalue weighted by Crippen LogP contribution is 2.30. The summed E-state index contributed by atoms with van der Waals surface area (Å²) >= 11 is 0. The first-order valence-corrected chi connectivity index (χ1v) is 10.2. The van der Waals surface area contributed by atoms with Crippen LogP contribution in [0.5, 0.6) is 5.75 Å². The molecule has 6 nitrogen and oxygen atoms in total. The van der Waals surface area contributed by atoms with Crippen molar-refractivity contribution in [3.8, 4) is 5.75 Å². The molecule has 2 heterocycles. The van der Waals surface area contributed by atoms with Gasteiger partial charge >= 0.3 is 0 Å². The van der Waals surface area contributed by atoms with Crippen LogP contribution in [0.3, 0.4) is 0 Å². The van der Waals surface area contributed by atoms with Crippen molar-refractivity contribution in [2.75, 3.05) is 40.3 Å². The summed E-state index contributed by atoms with van der Waals surface area (Å²) in [6, 6.07) is 10.5. The van der Waals surface area contributed by atoms with Crippen LogP contribution in [0.4, 0.5) is 0 Å². The summed E-state index contributed by atoms with van der Waals surface area (Å²) in [5.41, 5.74) is 4.45. The van der Waals surface area contributed by atoms with E-state index in [4.69, 9.17) is 4.74 Å². The molecule has 2 N–H and O–H groups in total. The Balaban J connectivity index is 1.43. The molecule has 1 unspecified atom stereocenters. The van der Waals surface area contributed by atoms with Gasteiger partial charge in [-0.15, -0.1) is 0 Å². The van der Waals surface area contributed by atoms with Crippen LogP contribution < -0.4 is 10.1 Å². The van der Waals surface area contributed by atoms with Gasteiger partial charge in [-0.05, 0) is 55.6 Å². The number of piperazine rings is 1. The molecule has 1 aliphatic heterocycles. The third-order valence-corrected chi connectivity index (χ3v) is 5.95. The van der Waals surface area contributed by atoms with E-state index in [1.54, 1.807) is 7.11 Å². The number of ether oxygens (including phenoxy) is 1. The quantitative estimate of drug-likeness (QED) is 0.834. The summed E-state index contributed by atoms with van der Waals surface area (Å²) in [5, 5.41) is 3.67. The lowest BCUT2D eigenvalue weighted by Crippen LogP contribution is -2.47. The monoisotopic (exact) mass is 382 g/mol. The summed E-state index contributed by atoms with van der Waals surface area (Å²) in [5.74, 6) is 1.01. The number of carbonyl (C=O) groups excluding carboxylic acids is 1. The van der Waals surface area contributed by atoms with Gasteiger partial charge in [-0.25, -0.2) is 0 Å². The second kappa shape index (κ2) is 8.37. The molecule has 1 atom stereocenters. The molecule has 1 aromatic carbocycles. The molecule has 0 saturated carbocycles. The summed E-state index contributed by atoms with van der Waals surface area (Å²) in [7, 11) is 3.79. The van der Waals surface area contributed by atoms with Crippen molar-refractivity contribution in [3.63, 3.8) is 0 Å². The highest BCUT2D eigenvalue weighted by Gasteiger charge is 2.27. The van der Waals surface area contributed by atoms with Crippen LogP contribution in [0.15, 0.2) is 30.3 Å². The van der Waals surface area contributed by atoms with Gasteiger partial charge in [0.1, 0.15) is 11.4 Å². The largest absolute Gasteiger partial charge is 0.497 e. The Kier molecular flexibility index (Phi) is 5.69. The average molecular weight is 383 g/mol. The molecule has 1 fully saturated rings. The fourth-order valence-electron chi connectivity index (χ4n) is 4.16. The zero-order valence-corrected chi connectivity index (χ0v) is 16.8. The molecule has 0 bridgehead atoms. The molecule has 4 rings (SSSR count). The van der Waals surface area contributed by atoms with Gasteiger partial charge in [-0.1, -0.05) is 12.1 Å². The lowest BCUT2D eigenvalue weighted by Gasteiger charge is -2.32. The molecule has 0 radical (unpaired) electrons. The number of aromatic nitrogens is 1. The molecule has 1 saturated heterocycles. The second-order valence-electron chi connectivity index (χ2n) is 7.89. The zero-order valence-electron chi connectivity index (χ0n) is 16.8.